The highest BCUT2D eigenvalue weighted by Gasteiger charge is 2.26. The average Bonchev–Trinajstić information content (AvgIpc) is 2.90. The smallest absolute Gasteiger partial charge is 0.353 e. The van der Waals surface area contributed by atoms with Gasteiger partial charge in [-0.2, -0.15) is 0 Å². The zero-order valence-electron chi connectivity index (χ0n) is 13.8. The number of ether oxygens (including phenoxy) is 3. The fourth-order valence-corrected chi connectivity index (χ4v) is 2.91. The number of aromatic amines is 1. The van der Waals surface area contributed by atoms with Crippen molar-refractivity contribution in [3.05, 3.63) is 28.5 Å². The molecule has 0 fully saturated rings. The maximum atomic E-state index is 11.4. The normalized spacial score (nSPS) is 10.5. The van der Waals surface area contributed by atoms with Gasteiger partial charge in [0.25, 0.3) is 0 Å². The molecule has 8 heteroatoms. The lowest BCUT2D eigenvalue weighted by Gasteiger charge is -2.16. The molecule has 0 aliphatic rings. The fourth-order valence-electron chi connectivity index (χ4n) is 2.56. The summed E-state index contributed by atoms with van der Waals surface area (Å²) in [4.78, 5) is 14.2. The number of rotatable bonds is 7. The van der Waals surface area contributed by atoms with Gasteiger partial charge < -0.3 is 29.6 Å². The van der Waals surface area contributed by atoms with Crippen molar-refractivity contribution in [3.63, 3.8) is 0 Å². The molecule has 7 nitrogen and oxygen atoms in total. The van der Waals surface area contributed by atoms with E-state index >= 15 is 0 Å². The number of hydrogen-bond acceptors (Lipinski definition) is 5. The first-order chi connectivity index (χ1) is 11.5. The first-order valence-electron chi connectivity index (χ1n) is 7.07. The Labute approximate surface area is 144 Å². The number of aromatic carboxylic acids is 1. The molecule has 3 N–H and O–H groups in total. The van der Waals surface area contributed by atoms with Crippen LogP contribution in [0.4, 0.5) is 0 Å². The highest BCUT2D eigenvalue weighted by molar-refractivity contribution is 6.36. The minimum absolute atomic E-state index is 0.0752. The SMILES string of the molecule is CNCc1[nH]c(C(=O)O)c(Cl)c1-c1ccc(OC)c(OC)c1OC. The van der Waals surface area contributed by atoms with E-state index in [1.807, 2.05) is 0 Å². The van der Waals surface area contributed by atoms with Crippen LogP contribution < -0.4 is 19.5 Å². The third-order valence-corrected chi connectivity index (χ3v) is 3.94. The predicted molar refractivity (Wildman–Crippen MR) is 90.6 cm³/mol. The molecule has 0 bridgehead atoms. The van der Waals surface area contributed by atoms with E-state index in [-0.39, 0.29) is 10.7 Å². The van der Waals surface area contributed by atoms with Crippen LogP contribution in [0, 0.1) is 0 Å². The maximum absolute atomic E-state index is 11.4. The van der Waals surface area contributed by atoms with E-state index in [4.69, 9.17) is 25.8 Å². The van der Waals surface area contributed by atoms with Crippen LogP contribution in [-0.2, 0) is 6.54 Å². The fraction of sp³-hybridized carbons (Fsp3) is 0.312. The van der Waals surface area contributed by atoms with Gasteiger partial charge in [-0.05, 0) is 19.2 Å². The van der Waals surface area contributed by atoms with Gasteiger partial charge in [0.05, 0.1) is 26.4 Å². The van der Waals surface area contributed by atoms with Crippen molar-refractivity contribution in [1.29, 1.82) is 0 Å². The second kappa shape index (κ2) is 7.46. The van der Waals surface area contributed by atoms with E-state index in [1.165, 1.54) is 21.3 Å². The van der Waals surface area contributed by atoms with E-state index in [0.29, 0.717) is 40.6 Å². The van der Waals surface area contributed by atoms with Gasteiger partial charge in [-0.15, -0.1) is 0 Å². The quantitative estimate of drug-likeness (QED) is 0.708. The third-order valence-electron chi connectivity index (χ3n) is 3.56. The van der Waals surface area contributed by atoms with Crippen molar-refractivity contribution in [3.8, 4) is 28.4 Å². The predicted octanol–water partition coefficient (Wildman–Crippen LogP) is 2.78. The van der Waals surface area contributed by atoms with Crippen LogP contribution in [0.1, 0.15) is 16.2 Å². The summed E-state index contributed by atoms with van der Waals surface area (Å²) in [7, 11) is 6.28. The molecule has 0 atom stereocenters. The number of benzene rings is 1. The molecule has 0 saturated heterocycles. The molecule has 0 aliphatic carbocycles. The number of nitrogens with one attached hydrogen (secondary N) is 2. The Kier molecular flexibility index (Phi) is 5.58. The standard InChI is InChI=1S/C16H19ClN2O5/c1-18-7-9-11(12(17)13(19-9)16(20)21)8-5-6-10(22-2)15(24-4)14(8)23-3/h5-6,18-19H,7H2,1-4H3,(H,20,21). The number of hydrogen-bond donors (Lipinski definition) is 3. The zero-order chi connectivity index (χ0) is 17.9. The maximum Gasteiger partial charge on any atom is 0.353 e. The van der Waals surface area contributed by atoms with Crippen molar-refractivity contribution < 1.29 is 24.1 Å². The number of H-pyrrole nitrogens is 1. The van der Waals surface area contributed by atoms with Crippen molar-refractivity contribution in [2.24, 2.45) is 0 Å². The molecular weight excluding hydrogens is 336 g/mol. The molecule has 130 valence electrons. The third kappa shape index (κ3) is 3.00. The summed E-state index contributed by atoms with van der Waals surface area (Å²) in [5.74, 6) is 0.176. The van der Waals surface area contributed by atoms with Gasteiger partial charge in [0, 0.05) is 23.4 Å². The highest BCUT2D eigenvalue weighted by Crippen LogP contribution is 2.47. The largest absolute Gasteiger partial charge is 0.493 e. The van der Waals surface area contributed by atoms with Crippen LogP contribution in [0.3, 0.4) is 0 Å². The molecule has 0 spiro atoms. The summed E-state index contributed by atoms with van der Waals surface area (Å²) < 4.78 is 16.1. The minimum atomic E-state index is -1.14. The van der Waals surface area contributed by atoms with Gasteiger partial charge in [-0.3, -0.25) is 0 Å². The molecule has 0 amide bonds. The molecule has 0 radical (unpaired) electrons. The molecule has 0 aliphatic heterocycles. The first-order valence-corrected chi connectivity index (χ1v) is 7.45. The monoisotopic (exact) mass is 354 g/mol. The second-order valence-electron chi connectivity index (χ2n) is 4.88. The lowest BCUT2D eigenvalue weighted by Crippen LogP contribution is -2.07. The lowest BCUT2D eigenvalue weighted by molar-refractivity contribution is 0.0691. The zero-order valence-corrected chi connectivity index (χ0v) is 14.6. The van der Waals surface area contributed by atoms with E-state index < -0.39 is 5.97 Å². The number of carboxylic acid groups (broad SMARTS) is 1. The summed E-state index contributed by atoms with van der Waals surface area (Å²) >= 11 is 6.33. The number of carbonyl (C=O) groups is 1. The van der Waals surface area contributed by atoms with E-state index in [0.717, 1.165) is 0 Å². The summed E-state index contributed by atoms with van der Waals surface area (Å²) in [5.41, 5.74) is 1.70. The van der Waals surface area contributed by atoms with Gasteiger partial charge in [-0.1, -0.05) is 11.6 Å². The van der Waals surface area contributed by atoms with Crippen molar-refractivity contribution >= 4 is 17.6 Å². The average molecular weight is 355 g/mol. The second-order valence-corrected chi connectivity index (χ2v) is 5.26. The van der Waals surface area contributed by atoms with Gasteiger partial charge in [0.1, 0.15) is 5.69 Å². The molecule has 1 heterocycles. The number of carboxylic acids is 1. The number of halogens is 1. The molecule has 0 saturated carbocycles. The topological polar surface area (TPSA) is 92.8 Å². The van der Waals surface area contributed by atoms with Crippen molar-refractivity contribution in [2.45, 2.75) is 6.54 Å². The molecule has 2 aromatic rings. The number of methoxy groups -OCH3 is 3. The van der Waals surface area contributed by atoms with E-state index in [1.54, 1.807) is 19.2 Å². The molecule has 1 aromatic carbocycles. The molecular formula is C16H19ClN2O5. The van der Waals surface area contributed by atoms with Crippen LogP contribution in [0.15, 0.2) is 12.1 Å². The Balaban J connectivity index is 2.78. The van der Waals surface area contributed by atoms with Crippen LogP contribution >= 0.6 is 11.6 Å². The first kappa shape index (κ1) is 18.0. The van der Waals surface area contributed by atoms with E-state index in [9.17, 15) is 9.90 Å². The van der Waals surface area contributed by atoms with Crippen LogP contribution in [0.2, 0.25) is 5.02 Å². The summed E-state index contributed by atoms with van der Waals surface area (Å²) in [6.07, 6.45) is 0. The molecule has 0 unspecified atom stereocenters. The molecule has 2 rings (SSSR count). The Bertz CT molecular complexity index is 757. The van der Waals surface area contributed by atoms with Crippen molar-refractivity contribution in [2.75, 3.05) is 28.4 Å². The Hall–Kier alpha value is -2.38. The number of aromatic nitrogens is 1. The molecule has 1 aromatic heterocycles. The summed E-state index contributed by atoms with van der Waals surface area (Å²) in [5, 5.41) is 12.4. The van der Waals surface area contributed by atoms with Crippen LogP contribution in [0.25, 0.3) is 11.1 Å². The molecule has 24 heavy (non-hydrogen) atoms. The van der Waals surface area contributed by atoms with E-state index in [2.05, 4.69) is 10.3 Å². The van der Waals surface area contributed by atoms with Gasteiger partial charge in [0.2, 0.25) is 5.75 Å². The van der Waals surface area contributed by atoms with Gasteiger partial charge in [-0.25, -0.2) is 4.79 Å². The van der Waals surface area contributed by atoms with Crippen molar-refractivity contribution in [1.82, 2.24) is 10.3 Å². The minimum Gasteiger partial charge on any atom is -0.493 e. The Morgan fingerprint density at radius 3 is 2.38 bits per heavy atom. The summed E-state index contributed by atoms with van der Waals surface area (Å²) in [6, 6.07) is 3.46. The highest BCUT2D eigenvalue weighted by atomic mass is 35.5. The summed E-state index contributed by atoms with van der Waals surface area (Å²) in [6.45, 7) is 0.403. The van der Waals surface area contributed by atoms with Gasteiger partial charge in [0.15, 0.2) is 11.5 Å². The Morgan fingerprint density at radius 1 is 1.21 bits per heavy atom. The van der Waals surface area contributed by atoms with Crippen LogP contribution in [0.5, 0.6) is 17.2 Å². The Morgan fingerprint density at radius 2 is 1.88 bits per heavy atom. The van der Waals surface area contributed by atoms with Crippen LogP contribution in [-0.4, -0.2) is 44.4 Å². The van der Waals surface area contributed by atoms with Gasteiger partial charge >= 0.3 is 5.97 Å². The lowest BCUT2D eigenvalue weighted by atomic mass is 10.0.